The normalized spacial score (nSPS) is 18.5. The number of alkyl halides is 1. The molecule has 1 saturated heterocycles. The Hall–Kier alpha value is -3.05. The lowest BCUT2D eigenvalue weighted by Crippen LogP contribution is -2.44. The Morgan fingerprint density at radius 2 is 2.19 bits per heavy atom. The maximum absolute atomic E-state index is 14.2. The lowest BCUT2D eigenvalue weighted by Gasteiger charge is -2.23. The first-order chi connectivity index (χ1) is 14.7. The number of primary amides is 1. The van der Waals surface area contributed by atoms with Gasteiger partial charge in [0.2, 0.25) is 11.8 Å². The summed E-state index contributed by atoms with van der Waals surface area (Å²) in [6, 6.07) is 2.21. The van der Waals surface area contributed by atoms with Gasteiger partial charge in [0.25, 0.3) is 5.91 Å². The second kappa shape index (κ2) is 8.23. The summed E-state index contributed by atoms with van der Waals surface area (Å²) in [4.78, 5) is 43.4. The van der Waals surface area contributed by atoms with E-state index in [1.54, 1.807) is 19.1 Å². The maximum atomic E-state index is 14.2. The van der Waals surface area contributed by atoms with Crippen molar-refractivity contribution in [2.45, 2.75) is 32.1 Å². The van der Waals surface area contributed by atoms with Crippen molar-refractivity contribution < 1.29 is 18.8 Å². The van der Waals surface area contributed by atoms with Crippen molar-refractivity contribution >= 4 is 57.2 Å². The summed E-state index contributed by atoms with van der Waals surface area (Å²) in [7, 11) is 0. The predicted molar refractivity (Wildman–Crippen MR) is 114 cm³/mol. The molecule has 0 bridgehead atoms. The summed E-state index contributed by atoms with van der Waals surface area (Å²) in [5, 5.41) is 7.30. The van der Waals surface area contributed by atoms with Crippen molar-refractivity contribution in [2.75, 3.05) is 11.9 Å². The first-order valence-electron chi connectivity index (χ1n) is 9.35. The maximum Gasteiger partial charge on any atom is 0.269 e. The number of halogens is 2. The molecule has 4 heterocycles. The largest absolute Gasteiger partial charge is 0.364 e. The second-order valence-electron chi connectivity index (χ2n) is 7.17. The number of nitrogens with zero attached hydrogens (tertiary/aromatic N) is 4. The highest BCUT2D eigenvalue weighted by Gasteiger charge is 2.40. The van der Waals surface area contributed by atoms with Crippen molar-refractivity contribution in [3.63, 3.8) is 0 Å². The van der Waals surface area contributed by atoms with E-state index in [-0.39, 0.29) is 25.2 Å². The van der Waals surface area contributed by atoms with Crippen molar-refractivity contribution in [2.24, 2.45) is 5.73 Å². The fourth-order valence-corrected chi connectivity index (χ4v) is 4.78. The molecule has 31 heavy (non-hydrogen) atoms. The molecule has 3 amide bonds. The number of fused-ring (bicyclic) bond motifs is 1. The highest BCUT2D eigenvalue weighted by atomic mass is 35.5. The fourth-order valence-electron chi connectivity index (χ4n) is 3.64. The van der Waals surface area contributed by atoms with E-state index in [1.165, 1.54) is 33.3 Å². The summed E-state index contributed by atoms with van der Waals surface area (Å²) in [5.74, 6) is -1.74. The monoisotopic (exact) mass is 464 g/mol. The van der Waals surface area contributed by atoms with Crippen LogP contribution in [0.15, 0.2) is 24.5 Å². The highest BCUT2D eigenvalue weighted by Crippen LogP contribution is 2.31. The third-order valence-electron chi connectivity index (χ3n) is 5.09. The van der Waals surface area contributed by atoms with E-state index in [1.807, 2.05) is 0 Å². The molecule has 0 aliphatic carbocycles. The van der Waals surface area contributed by atoms with E-state index in [4.69, 9.17) is 17.3 Å². The Kier molecular flexibility index (Phi) is 5.63. The highest BCUT2D eigenvalue weighted by molar-refractivity contribution is 7.16. The van der Waals surface area contributed by atoms with E-state index in [0.717, 1.165) is 4.88 Å². The molecule has 1 aliphatic rings. The minimum Gasteiger partial charge on any atom is -0.364 e. The number of carbonyl (C=O) groups excluding carboxylic acids is 3. The van der Waals surface area contributed by atoms with Gasteiger partial charge < -0.3 is 16.0 Å². The number of carbonyl (C=O) groups is 3. The molecule has 0 unspecified atom stereocenters. The molecule has 9 nitrogen and oxygen atoms in total. The van der Waals surface area contributed by atoms with Gasteiger partial charge in [-0.3, -0.25) is 24.0 Å². The van der Waals surface area contributed by atoms with Crippen LogP contribution >= 0.6 is 22.9 Å². The predicted octanol–water partition coefficient (Wildman–Crippen LogP) is 2.13. The molecule has 0 saturated carbocycles. The lowest BCUT2D eigenvalue weighted by atomic mass is 10.2. The number of anilines is 1. The van der Waals surface area contributed by atoms with Crippen LogP contribution < -0.4 is 11.1 Å². The molecule has 3 aromatic rings. The smallest absolute Gasteiger partial charge is 0.269 e. The number of aromatic nitrogens is 3. The van der Waals surface area contributed by atoms with Gasteiger partial charge in [-0.05, 0) is 19.1 Å². The van der Waals surface area contributed by atoms with Gasteiger partial charge in [-0.15, -0.1) is 11.3 Å². The topological polar surface area (TPSA) is 123 Å². The molecule has 0 spiro atoms. The molecule has 2 atom stereocenters. The Bertz CT molecular complexity index is 1190. The number of aryl methyl sites for hydroxylation is 1. The SMILES string of the molecule is Cc1sc(Cl)cc1NC(=O)[C@@H]1C[C@@H](F)CN1C(=O)Cn1nc(C(N)=O)c2ccncc21. The Labute approximate surface area is 185 Å². The molecule has 0 aromatic carbocycles. The quantitative estimate of drug-likeness (QED) is 0.598. The van der Waals surface area contributed by atoms with E-state index in [9.17, 15) is 18.8 Å². The fraction of sp³-hybridized carbons (Fsp3) is 0.316. The van der Waals surface area contributed by atoms with Crippen molar-refractivity contribution in [1.82, 2.24) is 19.7 Å². The summed E-state index contributed by atoms with van der Waals surface area (Å²) in [6.07, 6.45) is 1.50. The van der Waals surface area contributed by atoms with Crippen molar-refractivity contribution in [3.8, 4) is 0 Å². The first kappa shape index (κ1) is 21.2. The Morgan fingerprint density at radius 3 is 2.87 bits per heavy atom. The number of nitrogens with one attached hydrogen (secondary N) is 1. The van der Waals surface area contributed by atoms with Crippen LogP contribution in [0.5, 0.6) is 0 Å². The second-order valence-corrected chi connectivity index (χ2v) is 9.06. The zero-order valence-corrected chi connectivity index (χ0v) is 17.9. The number of nitrogens with two attached hydrogens (primary N) is 1. The van der Waals surface area contributed by atoms with Crippen LogP contribution in [0, 0.1) is 6.92 Å². The van der Waals surface area contributed by atoms with Crippen molar-refractivity contribution in [3.05, 3.63) is 39.4 Å². The Balaban J connectivity index is 1.56. The molecular formula is C19H18ClFN6O3S. The van der Waals surface area contributed by atoms with Crippen LogP contribution in [0.1, 0.15) is 21.8 Å². The van der Waals surface area contributed by atoms with Gasteiger partial charge in [0, 0.05) is 22.9 Å². The molecule has 162 valence electrons. The Morgan fingerprint density at radius 1 is 1.42 bits per heavy atom. The molecule has 1 aliphatic heterocycles. The number of rotatable bonds is 5. The molecular weight excluding hydrogens is 447 g/mol. The van der Waals surface area contributed by atoms with E-state index in [0.29, 0.717) is 20.9 Å². The molecule has 4 rings (SSSR count). The average molecular weight is 465 g/mol. The van der Waals surface area contributed by atoms with Gasteiger partial charge in [-0.1, -0.05) is 11.6 Å². The van der Waals surface area contributed by atoms with Gasteiger partial charge in [0.1, 0.15) is 18.8 Å². The minimum absolute atomic E-state index is 0.00842. The number of pyridine rings is 1. The zero-order valence-electron chi connectivity index (χ0n) is 16.3. The number of likely N-dealkylation sites (tertiary alicyclic amines) is 1. The van der Waals surface area contributed by atoms with E-state index >= 15 is 0 Å². The lowest BCUT2D eigenvalue weighted by molar-refractivity contribution is -0.137. The van der Waals surface area contributed by atoms with Crippen LogP contribution in [0.25, 0.3) is 10.9 Å². The van der Waals surface area contributed by atoms with Gasteiger partial charge in [-0.2, -0.15) is 5.10 Å². The zero-order chi connectivity index (χ0) is 22.3. The third kappa shape index (κ3) is 4.10. The van der Waals surface area contributed by atoms with Crippen LogP contribution in [0.3, 0.4) is 0 Å². The molecule has 3 aromatic heterocycles. The summed E-state index contributed by atoms with van der Waals surface area (Å²) >= 11 is 7.28. The number of hydrogen-bond donors (Lipinski definition) is 2. The molecule has 0 radical (unpaired) electrons. The third-order valence-corrected chi connectivity index (χ3v) is 6.27. The van der Waals surface area contributed by atoms with Gasteiger partial charge in [0.15, 0.2) is 5.69 Å². The van der Waals surface area contributed by atoms with Gasteiger partial charge >= 0.3 is 0 Å². The van der Waals surface area contributed by atoms with Crippen LogP contribution in [0.4, 0.5) is 10.1 Å². The van der Waals surface area contributed by atoms with Gasteiger partial charge in [0.05, 0.1) is 28.3 Å². The van der Waals surface area contributed by atoms with Gasteiger partial charge in [-0.25, -0.2) is 4.39 Å². The number of thiophene rings is 1. The summed E-state index contributed by atoms with van der Waals surface area (Å²) in [6.45, 7) is 1.30. The summed E-state index contributed by atoms with van der Waals surface area (Å²) < 4.78 is 16.0. The molecule has 1 fully saturated rings. The standard InChI is InChI=1S/C19H18ClFN6O3S/c1-9-12(5-15(20)31-9)24-19(30)13-4-10(21)7-26(13)16(28)8-27-14-6-23-3-2-11(14)17(25-27)18(22)29/h2-3,5-6,10,13H,4,7-8H2,1H3,(H2,22,29)(H,24,30)/t10-,13+/m1/s1. The average Bonchev–Trinajstić information content (AvgIpc) is 3.37. The number of amides is 3. The minimum atomic E-state index is -1.33. The molecule has 12 heteroatoms. The van der Waals surface area contributed by atoms with E-state index < -0.39 is 29.9 Å². The van der Waals surface area contributed by atoms with E-state index in [2.05, 4.69) is 15.4 Å². The van der Waals surface area contributed by atoms with Crippen molar-refractivity contribution in [1.29, 1.82) is 0 Å². The van der Waals surface area contributed by atoms with Crippen LogP contribution in [-0.4, -0.2) is 56.1 Å². The van der Waals surface area contributed by atoms with Crippen LogP contribution in [-0.2, 0) is 16.1 Å². The summed E-state index contributed by atoms with van der Waals surface area (Å²) in [5.41, 5.74) is 6.35. The molecule has 3 N–H and O–H groups in total. The number of hydrogen-bond acceptors (Lipinski definition) is 6. The van der Waals surface area contributed by atoms with Crippen LogP contribution in [0.2, 0.25) is 4.34 Å². The first-order valence-corrected chi connectivity index (χ1v) is 10.5.